The number of imidazole rings is 1. The van der Waals surface area contributed by atoms with Gasteiger partial charge in [-0.05, 0) is 50.7 Å². The van der Waals surface area contributed by atoms with Crippen LogP contribution in [0.5, 0.6) is 0 Å². The highest BCUT2D eigenvalue weighted by atomic mass is 16.4. The van der Waals surface area contributed by atoms with Crippen LogP contribution in [-0.2, 0) is 0 Å². The summed E-state index contributed by atoms with van der Waals surface area (Å²) in [5.41, 5.74) is 1.77. The average molecular weight is 403 g/mol. The molecular formula is C23H25N5O2. The van der Waals surface area contributed by atoms with E-state index in [0.29, 0.717) is 29.1 Å². The summed E-state index contributed by atoms with van der Waals surface area (Å²) < 4.78 is 7.51. The third-order valence-corrected chi connectivity index (χ3v) is 6.01. The van der Waals surface area contributed by atoms with Crippen LogP contribution in [0.4, 0.5) is 5.82 Å². The molecule has 5 rings (SSSR count). The topological polar surface area (TPSA) is 66.9 Å². The van der Waals surface area contributed by atoms with Crippen molar-refractivity contribution >= 4 is 22.6 Å². The molecule has 0 N–H and O–H groups in total. The molecule has 154 valence electrons. The summed E-state index contributed by atoms with van der Waals surface area (Å²) in [5.74, 6) is 0.848. The van der Waals surface area contributed by atoms with Crippen LogP contribution < -0.4 is 10.5 Å². The number of likely N-dealkylation sites (N-methyl/N-ethyl adjacent to an activating group) is 1. The predicted octanol–water partition coefficient (Wildman–Crippen LogP) is 3.42. The molecule has 30 heavy (non-hydrogen) atoms. The molecule has 1 aliphatic heterocycles. The minimum atomic E-state index is -0.423. The Labute approximate surface area is 174 Å². The van der Waals surface area contributed by atoms with Gasteiger partial charge in [0.2, 0.25) is 5.71 Å². The van der Waals surface area contributed by atoms with Gasteiger partial charge in [0.1, 0.15) is 11.5 Å². The standard InChI is InChI=1S/C23H25N5O2/c1-4-28-15(2)12-27(13-16(28)3)21-9-8-17-11-18(23(29)30-22(17)25-21)19-14-26-10-6-5-7-20(26)24-19/h5-11,14-16H,4,12-13H2,1-3H3. The molecule has 2 atom stereocenters. The van der Waals surface area contributed by atoms with Crippen LogP contribution in [0.25, 0.3) is 28.0 Å². The number of pyridine rings is 2. The highest BCUT2D eigenvalue weighted by molar-refractivity contribution is 5.80. The van der Waals surface area contributed by atoms with E-state index in [9.17, 15) is 4.79 Å². The maximum absolute atomic E-state index is 12.7. The first-order valence-corrected chi connectivity index (χ1v) is 10.4. The van der Waals surface area contributed by atoms with Crippen LogP contribution in [0, 0.1) is 0 Å². The Bertz CT molecular complexity index is 1230. The first-order chi connectivity index (χ1) is 14.5. The third kappa shape index (κ3) is 3.15. The van der Waals surface area contributed by atoms with Crippen LogP contribution in [0.1, 0.15) is 20.8 Å². The van der Waals surface area contributed by atoms with Crippen molar-refractivity contribution in [3.05, 3.63) is 59.2 Å². The molecule has 0 bridgehead atoms. The first-order valence-electron chi connectivity index (χ1n) is 10.4. The van der Waals surface area contributed by atoms with Gasteiger partial charge in [0, 0.05) is 43.0 Å². The molecule has 1 aliphatic rings. The van der Waals surface area contributed by atoms with Crippen molar-refractivity contribution in [1.29, 1.82) is 0 Å². The number of rotatable bonds is 3. The van der Waals surface area contributed by atoms with E-state index in [1.807, 2.05) is 53.2 Å². The Morgan fingerprint density at radius 2 is 1.90 bits per heavy atom. The summed E-state index contributed by atoms with van der Waals surface area (Å²) in [5, 5.41) is 0.790. The van der Waals surface area contributed by atoms with Gasteiger partial charge in [0.25, 0.3) is 0 Å². The van der Waals surface area contributed by atoms with Crippen molar-refractivity contribution in [3.63, 3.8) is 0 Å². The van der Waals surface area contributed by atoms with Crippen LogP contribution in [0.3, 0.4) is 0 Å². The molecule has 0 aliphatic carbocycles. The van der Waals surface area contributed by atoms with Crippen molar-refractivity contribution in [3.8, 4) is 11.3 Å². The van der Waals surface area contributed by atoms with Gasteiger partial charge in [0.15, 0.2) is 0 Å². The van der Waals surface area contributed by atoms with Gasteiger partial charge in [-0.2, -0.15) is 4.98 Å². The van der Waals surface area contributed by atoms with Crippen molar-refractivity contribution < 1.29 is 4.42 Å². The number of aromatic nitrogens is 3. The SMILES string of the molecule is CCN1C(C)CN(c2ccc3cc(-c4cn5ccccc5n4)c(=O)oc3n2)CC1C. The van der Waals surface area contributed by atoms with E-state index < -0.39 is 5.63 Å². The summed E-state index contributed by atoms with van der Waals surface area (Å²) in [6, 6.07) is 12.4. The molecule has 0 amide bonds. The minimum absolute atomic E-state index is 0.364. The molecule has 0 aromatic carbocycles. The Morgan fingerprint density at radius 3 is 2.63 bits per heavy atom. The minimum Gasteiger partial charge on any atom is -0.403 e. The van der Waals surface area contributed by atoms with E-state index in [4.69, 9.17) is 4.42 Å². The molecule has 4 aromatic rings. The van der Waals surface area contributed by atoms with Crippen LogP contribution in [-0.4, -0.2) is 51.0 Å². The smallest absolute Gasteiger partial charge is 0.347 e. The molecule has 2 unspecified atom stereocenters. The summed E-state index contributed by atoms with van der Waals surface area (Å²) in [4.78, 5) is 26.7. The van der Waals surface area contributed by atoms with E-state index in [0.717, 1.165) is 36.5 Å². The summed E-state index contributed by atoms with van der Waals surface area (Å²) in [6.45, 7) is 9.54. The zero-order valence-corrected chi connectivity index (χ0v) is 17.4. The number of hydrogen-bond acceptors (Lipinski definition) is 6. The van der Waals surface area contributed by atoms with Crippen molar-refractivity contribution in [2.45, 2.75) is 32.9 Å². The number of piperazine rings is 1. The molecule has 7 heteroatoms. The zero-order chi connectivity index (χ0) is 20.8. The third-order valence-electron chi connectivity index (χ3n) is 6.01. The molecule has 1 saturated heterocycles. The Morgan fingerprint density at radius 1 is 1.10 bits per heavy atom. The van der Waals surface area contributed by atoms with Crippen LogP contribution in [0.2, 0.25) is 0 Å². The van der Waals surface area contributed by atoms with E-state index in [2.05, 4.69) is 40.5 Å². The highest BCUT2D eigenvalue weighted by Crippen LogP contribution is 2.25. The lowest BCUT2D eigenvalue weighted by molar-refractivity contribution is 0.139. The van der Waals surface area contributed by atoms with E-state index in [-0.39, 0.29) is 0 Å². The molecule has 4 aromatic heterocycles. The van der Waals surface area contributed by atoms with Crippen molar-refractivity contribution in [1.82, 2.24) is 19.3 Å². The molecule has 0 spiro atoms. The first kappa shape index (κ1) is 18.8. The highest BCUT2D eigenvalue weighted by Gasteiger charge is 2.29. The van der Waals surface area contributed by atoms with Gasteiger partial charge in [-0.15, -0.1) is 0 Å². The van der Waals surface area contributed by atoms with Crippen molar-refractivity contribution in [2.24, 2.45) is 0 Å². The Hall–Kier alpha value is -3.19. The summed E-state index contributed by atoms with van der Waals surface area (Å²) in [7, 11) is 0. The van der Waals surface area contributed by atoms with Gasteiger partial charge < -0.3 is 13.7 Å². The van der Waals surface area contributed by atoms with E-state index >= 15 is 0 Å². The second-order valence-corrected chi connectivity index (χ2v) is 8.04. The number of nitrogens with zero attached hydrogens (tertiary/aromatic N) is 5. The maximum Gasteiger partial charge on any atom is 0.347 e. The number of fused-ring (bicyclic) bond motifs is 2. The Balaban J connectivity index is 1.51. The predicted molar refractivity (Wildman–Crippen MR) is 118 cm³/mol. The monoisotopic (exact) mass is 403 g/mol. The summed E-state index contributed by atoms with van der Waals surface area (Å²) in [6.07, 6.45) is 3.74. The molecule has 5 heterocycles. The summed E-state index contributed by atoms with van der Waals surface area (Å²) >= 11 is 0. The van der Waals surface area contributed by atoms with E-state index in [1.165, 1.54) is 0 Å². The normalized spacial score (nSPS) is 20.3. The van der Waals surface area contributed by atoms with Gasteiger partial charge in [-0.1, -0.05) is 13.0 Å². The zero-order valence-electron chi connectivity index (χ0n) is 17.4. The average Bonchev–Trinajstić information content (AvgIpc) is 3.16. The quantitative estimate of drug-likeness (QED) is 0.522. The van der Waals surface area contributed by atoms with Crippen LogP contribution >= 0.6 is 0 Å². The molecular weight excluding hydrogens is 378 g/mol. The fourth-order valence-corrected chi connectivity index (χ4v) is 4.58. The van der Waals surface area contributed by atoms with E-state index in [1.54, 1.807) is 0 Å². The maximum atomic E-state index is 12.7. The lowest BCUT2D eigenvalue weighted by Crippen LogP contribution is -2.56. The van der Waals surface area contributed by atoms with Crippen molar-refractivity contribution in [2.75, 3.05) is 24.5 Å². The molecule has 1 fully saturated rings. The molecule has 0 radical (unpaired) electrons. The lowest BCUT2D eigenvalue weighted by Gasteiger charge is -2.44. The van der Waals surface area contributed by atoms with Gasteiger partial charge in [-0.3, -0.25) is 4.90 Å². The van der Waals surface area contributed by atoms with Gasteiger partial charge in [-0.25, -0.2) is 9.78 Å². The van der Waals surface area contributed by atoms with Gasteiger partial charge >= 0.3 is 5.63 Å². The van der Waals surface area contributed by atoms with Crippen LogP contribution in [0.15, 0.2) is 58.0 Å². The van der Waals surface area contributed by atoms with Gasteiger partial charge in [0.05, 0.1) is 11.3 Å². The molecule has 7 nitrogen and oxygen atoms in total. The largest absolute Gasteiger partial charge is 0.403 e. The second-order valence-electron chi connectivity index (χ2n) is 8.04. The Kier molecular flexibility index (Phi) is 4.55. The number of hydrogen-bond donors (Lipinski definition) is 0. The number of anilines is 1. The molecule has 0 saturated carbocycles. The second kappa shape index (κ2) is 7.25. The fraction of sp³-hybridized carbons (Fsp3) is 0.348. The lowest BCUT2D eigenvalue weighted by atomic mass is 10.1. The fourth-order valence-electron chi connectivity index (χ4n) is 4.58.